The van der Waals surface area contributed by atoms with E-state index in [1.807, 2.05) is 65.8 Å². The highest BCUT2D eigenvalue weighted by molar-refractivity contribution is 7.86. The van der Waals surface area contributed by atoms with Crippen LogP contribution in [-0.4, -0.2) is 53.3 Å². The van der Waals surface area contributed by atoms with Gasteiger partial charge in [-0.25, -0.2) is 4.79 Å². The van der Waals surface area contributed by atoms with Crippen LogP contribution in [0.15, 0.2) is 24.3 Å². The summed E-state index contributed by atoms with van der Waals surface area (Å²) in [7, 11) is -3.63. The van der Waals surface area contributed by atoms with E-state index in [9.17, 15) is 18.3 Å². The zero-order valence-corrected chi connectivity index (χ0v) is 25.5. The molecule has 0 unspecified atom stereocenters. The number of carboxylic acids is 1. The normalized spacial score (nSPS) is 19.5. The van der Waals surface area contributed by atoms with Gasteiger partial charge in [0.15, 0.2) is 6.10 Å². The molecule has 2 aliphatic heterocycles. The minimum Gasteiger partial charge on any atom is -0.479 e. The highest BCUT2D eigenvalue weighted by Gasteiger charge is 2.39. The highest BCUT2D eigenvalue weighted by Crippen LogP contribution is 2.43. The fourth-order valence-corrected chi connectivity index (χ4v) is 7.47. The molecule has 0 spiro atoms. The van der Waals surface area contributed by atoms with Crippen LogP contribution < -0.4 is 0 Å². The Labute approximate surface area is 234 Å². The number of rotatable bonds is 6. The number of carboxylic acid groups (broad SMARTS) is 1. The molecular weight excluding hydrogens is 512 g/mol. The summed E-state index contributed by atoms with van der Waals surface area (Å²) in [6, 6.07) is 8.12. The van der Waals surface area contributed by atoms with Crippen LogP contribution in [0.3, 0.4) is 0 Å². The highest BCUT2D eigenvalue weighted by atomic mass is 32.2. The summed E-state index contributed by atoms with van der Waals surface area (Å²) in [6.07, 6.45) is 1.06. The Hall–Kier alpha value is -2.26. The quantitative estimate of drug-likeness (QED) is 0.476. The maximum Gasteiger partial charge on any atom is 0.337 e. The molecule has 0 amide bonds. The van der Waals surface area contributed by atoms with Gasteiger partial charge in [-0.15, -0.1) is 0 Å². The average Bonchev–Trinajstić information content (AvgIpc) is 2.84. The van der Waals surface area contributed by atoms with Crippen molar-refractivity contribution in [3.8, 4) is 11.1 Å². The van der Waals surface area contributed by atoms with Crippen molar-refractivity contribution in [3.05, 3.63) is 57.6 Å². The topological polar surface area (TPSA) is 87.1 Å². The number of carbonyl (C=O) groups is 1. The monoisotopic (exact) mass is 556 g/mol. The molecule has 39 heavy (non-hydrogen) atoms. The molecule has 0 bridgehead atoms. The van der Waals surface area contributed by atoms with Crippen molar-refractivity contribution in [2.45, 2.75) is 92.9 Å². The Balaban J connectivity index is 1.84. The van der Waals surface area contributed by atoms with E-state index in [-0.39, 0.29) is 12.0 Å². The zero-order chi connectivity index (χ0) is 28.9. The van der Waals surface area contributed by atoms with Gasteiger partial charge in [-0.2, -0.15) is 17.0 Å². The third-order valence-corrected chi connectivity index (χ3v) is 10.3. The maximum atomic E-state index is 13.7. The molecule has 2 aromatic rings. The molecule has 4 rings (SSSR count). The van der Waals surface area contributed by atoms with Crippen molar-refractivity contribution in [1.82, 2.24) is 8.61 Å². The molecule has 8 heteroatoms. The number of nitrogens with zero attached hydrogens (tertiary/aromatic N) is 2. The number of hydrogen-bond donors (Lipinski definition) is 1. The van der Waals surface area contributed by atoms with Crippen molar-refractivity contribution in [2.24, 2.45) is 5.41 Å². The first-order valence-electron chi connectivity index (χ1n) is 13.9. The minimum atomic E-state index is -3.63. The van der Waals surface area contributed by atoms with Gasteiger partial charge in [0.25, 0.3) is 10.2 Å². The number of ether oxygens (including phenoxy) is 1. The van der Waals surface area contributed by atoms with E-state index in [1.165, 1.54) is 0 Å². The first-order valence-corrected chi connectivity index (χ1v) is 15.3. The van der Waals surface area contributed by atoms with E-state index in [0.717, 1.165) is 51.8 Å². The number of benzene rings is 2. The van der Waals surface area contributed by atoms with Crippen molar-refractivity contribution < 1.29 is 23.1 Å². The zero-order valence-electron chi connectivity index (χ0n) is 24.7. The third-order valence-electron chi connectivity index (χ3n) is 8.29. The van der Waals surface area contributed by atoms with Gasteiger partial charge >= 0.3 is 5.97 Å². The molecule has 2 heterocycles. The summed E-state index contributed by atoms with van der Waals surface area (Å²) in [5.41, 5.74) is 6.79. The number of hydrogen-bond acceptors (Lipinski definition) is 4. The Morgan fingerprint density at radius 3 is 2.08 bits per heavy atom. The lowest BCUT2D eigenvalue weighted by molar-refractivity contribution is -0.160. The fourth-order valence-electron chi connectivity index (χ4n) is 5.89. The van der Waals surface area contributed by atoms with Crippen LogP contribution in [0.4, 0.5) is 0 Å². The molecule has 0 saturated carbocycles. The molecule has 0 aliphatic carbocycles. The Morgan fingerprint density at radius 2 is 1.54 bits per heavy atom. The second-order valence-electron chi connectivity index (χ2n) is 13.0. The van der Waals surface area contributed by atoms with Crippen LogP contribution in [-0.2, 0) is 32.7 Å². The van der Waals surface area contributed by atoms with Crippen molar-refractivity contribution in [1.29, 1.82) is 0 Å². The predicted octanol–water partition coefficient (Wildman–Crippen LogP) is 5.94. The molecule has 1 N–H and O–H groups in total. The van der Waals surface area contributed by atoms with Gasteiger partial charge in [-0.1, -0.05) is 43.7 Å². The van der Waals surface area contributed by atoms with Gasteiger partial charge in [0.05, 0.1) is 5.60 Å². The molecule has 1 atom stereocenters. The van der Waals surface area contributed by atoms with Gasteiger partial charge in [-0.05, 0) is 99.6 Å². The van der Waals surface area contributed by atoms with E-state index in [2.05, 4.69) is 13.8 Å². The molecule has 2 aromatic carbocycles. The average molecular weight is 557 g/mol. The first kappa shape index (κ1) is 29.7. The summed E-state index contributed by atoms with van der Waals surface area (Å²) in [4.78, 5) is 12.7. The van der Waals surface area contributed by atoms with E-state index in [4.69, 9.17) is 4.74 Å². The van der Waals surface area contributed by atoms with Gasteiger partial charge in [-0.3, -0.25) is 0 Å². The van der Waals surface area contributed by atoms with Gasteiger partial charge < -0.3 is 9.84 Å². The molecule has 2 aliphatic rings. The van der Waals surface area contributed by atoms with Gasteiger partial charge in [0.2, 0.25) is 0 Å². The lowest BCUT2D eigenvalue weighted by atomic mass is 9.80. The molecule has 0 aromatic heterocycles. The van der Waals surface area contributed by atoms with E-state index in [0.29, 0.717) is 31.6 Å². The number of piperidine rings is 1. The lowest BCUT2D eigenvalue weighted by Crippen LogP contribution is -2.49. The summed E-state index contributed by atoms with van der Waals surface area (Å²) in [5, 5.41) is 10.4. The molecular formula is C31H44N2O5S. The van der Waals surface area contributed by atoms with E-state index in [1.54, 1.807) is 8.61 Å². The van der Waals surface area contributed by atoms with Crippen molar-refractivity contribution in [3.63, 3.8) is 0 Å². The molecule has 0 radical (unpaired) electrons. The Kier molecular flexibility index (Phi) is 8.09. The lowest BCUT2D eigenvalue weighted by Gasteiger charge is -2.40. The van der Waals surface area contributed by atoms with Gasteiger partial charge in [0, 0.05) is 31.7 Å². The number of aryl methyl sites for hydroxylation is 1. The SMILES string of the molecule is Cc1ccc(-c2c(C)c3c(c(C)c2[C@H](OC(C)(C)C)C(=O)O)CN(S(=O)(=O)N2CCC(C)(C)CC2)CC3)cc1. The standard InChI is InChI=1S/C31H44N2O5S/c1-20-9-11-23(12-10-20)26-21(2)24-13-16-33(39(36,37)32-17-14-31(7,8)15-18-32)19-25(24)22(3)27(26)28(29(34)35)38-30(4,5)6/h9-12,28H,13-19H2,1-8H3,(H,34,35)/t28-/m0/s1. The van der Waals surface area contributed by atoms with E-state index >= 15 is 0 Å². The molecule has 1 saturated heterocycles. The largest absolute Gasteiger partial charge is 0.479 e. The molecule has 1 fully saturated rings. The summed E-state index contributed by atoms with van der Waals surface area (Å²) in [6.45, 7) is 17.6. The van der Waals surface area contributed by atoms with Crippen molar-refractivity contribution >= 4 is 16.2 Å². The second-order valence-corrected chi connectivity index (χ2v) is 14.9. The van der Waals surface area contributed by atoms with E-state index < -0.39 is 27.9 Å². The third kappa shape index (κ3) is 6.09. The second kappa shape index (κ2) is 10.6. The molecule has 214 valence electrons. The summed E-state index contributed by atoms with van der Waals surface area (Å²) >= 11 is 0. The van der Waals surface area contributed by atoms with Crippen LogP contribution in [0.25, 0.3) is 11.1 Å². The van der Waals surface area contributed by atoms with Crippen LogP contribution in [0, 0.1) is 26.2 Å². The first-order chi connectivity index (χ1) is 18.0. The van der Waals surface area contributed by atoms with Crippen molar-refractivity contribution in [2.75, 3.05) is 19.6 Å². The van der Waals surface area contributed by atoms with Crippen LogP contribution in [0.1, 0.15) is 86.9 Å². The van der Waals surface area contributed by atoms with Crippen LogP contribution >= 0.6 is 0 Å². The minimum absolute atomic E-state index is 0.147. The maximum absolute atomic E-state index is 13.7. The molecule has 7 nitrogen and oxygen atoms in total. The van der Waals surface area contributed by atoms with Gasteiger partial charge in [0.1, 0.15) is 0 Å². The Morgan fingerprint density at radius 1 is 0.949 bits per heavy atom. The number of aliphatic carboxylic acids is 1. The fraction of sp³-hybridized carbons (Fsp3) is 0.581. The van der Waals surface area contributed by atoms with Crippen LogP contribution in [0.5, 0.6) is 0 Å². The summed E-state index contributed by atoms with van der Waals surface area (Å²) < 4.78 is 36.8. The Bertz CT molecular complexity index is 1350. The number of fused-ring (bicyclic) bond motifs is 1. The smallest absolute Gasteiger partial charge is 0.337 e. The summed E-state index contributed by atoms with van der Waals surface area (Å²) in [5.74, 6) is -1.06. The predicted molar refractivity (Wildman–Crippen MR) is 155 cm³/mol. The van der Waals surface area contributed by atoms with Crippen LogP contribution in [0.2, 0.25) is 0 Å².